The lowest BCUT2D eigenvalue weighted by Gasteiger charge is -2.13. The Balaban J connectivity index is 1.54. The van der Waals surface area contributed by atoms with Crippen LogP contribution in [0.2, 0.25) is 5.02 Å². The summed E-state index contributed by atoms with van der Waals surface area (Å²) in [5.74, 6) is -0.955. The molecule has 1 heterocycles. The summed E-state index contributed by atoms with van der Waals surface area (Å²) in [7, 11) is 0. The standard InChI is InChI=1S/C17H20ClFN2O4/c18-13-11-12(1-3-14(13)19)2-4-15(22)20-7-9-25-10-8-21-16(23)5-6-17(21)24/h1,3,11H,2,4-10H2,(H,20,22). The molecule has 1 aliphatic heterocycles. The van der Waals surface area contributed by atoms with Gasteiger partial charge in [-0.2, -0.15) is 0 Å². The lowest BCUT2D eigenvalue weighted by atomic mass is 10.1. The summed E-state index contributed by atoms with van der Waals surface area (Å²) in [6.07, 6.45) is 1.27. The van der Waals surface area contributed by atoms with Gasteiger partial charge in [-0.15, -0.1) is 0 Å². The van der Waals surface area contributed by atoms with Crippen molar-refractivity contribution >= 4 is 29.3 Å². The van der Waals surface area contributed by atoms with E-state index in [4.69, 9.17) is 16.3 Å². The van der Waals surface area contributed by atoms with E-state index in [0.29, 0.717) is 19.6 Å². The highest BCUT2D eigenvalue weighted by molar-refractivity contribution is 6.30. The monoisotopic (exact) mass is 370 g/mol. The molecule has 1 N–H and O–H groups in total. The lowest BCUT2D eigenvalue weighted by Crippen LogP contribution is -2.33. The third-order valence-corrected chi connectivity index (χ3v) is 4.10. The number of imide groups is 1. The van der Waals surface area contributed by atoms with E-state index in [1.807, 2.05) is 0 Å². The highest BCUT2D eigenvalue weighted by Crippen LogP contribution is 2.16. The number of amides is 3. The molecule has 0 bridgehead atoms. The number of nitrogens with one attached hydrogen (secondary N) is 1. The van der Waals surface area contributed by atoms with Crippen LogP contribution in [-0.4, -0.2) is 48.9 Å². The van der Waals surface area contributed by atoms with Crippen molar-refractivity contribution in [3.63, 3.8) is 0 Å². The van der Waals surface area contributed by atoms with Gasteiger partial charge in [-0.05, 0) is 24.1 Å². The Labute approximate surface area is 150 Å². The van der Waals surface area contributed by atoms with E-state index in [1.54, 1.807) is 6.07 Å². The zero-order valence-corrected chi connectivity index (χ0v) is 14.5. The van der Waals surface area contributed by atoms with Gasteiger partial charge in [-0.3, -0.25) is 19.3 Å². The molecule has 0 aromatic heterocycles. The molecule has 1 fully saturated rings. The van der Waals surface area contributed by atoms with Crippen molar-refractivity contribution in [2.24, 2.45) is 0 Å². The summed E-state index contributed by atoms with van der Waals surface area (Å²) in [6.45, 7) is 1.13. The van der Waals surface area contributed by atoms with Crippen molar-refractivity contribution in [3.8, 4) is 0 Å². The molecular weight excluding hydrogens is 351 g/mol. The van der Waals surface area contributed by atoms with Gasteiger partial charge in [0.2, 0.25) is 17.7 Å². The van der Waals surface area contributed by atoms with Gasteiger partial charge in [-0.25, -0.2) is 4.39 Å². The van der Waals surface area contributed by atoms with E-state index in [0.717, 1.165) is 5.56 Å². The average Bonchev–Trinajstić information content (AvgIpc) is 2.90. The van der Waals surface area contributed by atoms with Crippen LogP contribution in [0.1, 0.15) is 24.8 Å². The molecule has 0 unspecified atom stereocenters. The number of carbonyl (C=O) groups excluding carboxylic acids is 3. The number of benzene rings is 1. The first-order chi connectivity index (χ1) is 12.0. The van der Waals surface area contributed by atoms with Crippen molar-refractivity contribution in [1.29, 1.82) is 0 Å². The number of hydrogen-bond donors (Lipinski definition) is 1. The minimum absolute atomic E-state index is 0.0428. The Morgan fingerprint density at radius 1 is 1.24 bits per heavy atom. The molecule has 8 heteroatoms. The summed E-state index contributed by atoms with van der Waals surface area (Å²) in [5.41, 5.74) is 0.790. The van der Waals surface area contributed by atoms with Gasteiger partial charge < -0.3 is 10.1 Å². The van der Waals surface area contributed by atoms with Crippen molar-refractivity contribution in [2.45, 2.75) is 25.7 Å². The van der Waals surface area contributed by atoms with Gasteiger partial charge >= 0.3 is 0 Å². The highest BCUT2D eigenvalue weighted by atomic mass is 35.5. The van der Waals surface area contributed by atoms with Gasteiger partial charge in [0.15, 0.2) is 0 Å². The first kappa shape index (κ1) is 19.3. The van der Waals surface area contributed by atoms with Crippen molar-refractivity contribution in [1.82, 2.24) is 10.2 Å². The van der Waals surface area contributed by atoms with E-state index in [9.17, 15) is 18.8 Å². The maximum atomic E-state index is 13.0. The molecular formula is C17H20ClFN2O4. The summed E-state index contributed by atoms with van der Waals surface area (Å²) >= 11 is 5.69. The predicted octanol–water partition coefficient (Wildman–Crippen LogP) is 1.69. The van der Waals surface area contributed by atoms with Crippen LogP contribution in [0.5, 0.6) is 0 Å². The molecule has 1 aliphatic rings. The smallest absolute Gasteiger partial charge is 0.229 e. The maximum absolute atomic E-state index is 13.0. The first-order valence-corrected chi connectivity index (χ1v) is 8.46. The molecule has 1 aromatic carbocycles. The number of ether oxygens (including phenoxy) is 1. The highest BCUT2D eigenvalue weighted by Gasteiger charge is 2.28. The molecule has 1 saturated heterocycles. The molecule has 3 amide bonds. The van der Waals surface area contributed by atoms with Crippen LogP contribution in [-0.2, 0) is 25.5 Å². The van der Waals surface area contributed by atoms with E-state index < -0.39 is 5.82 Å². The van der Waals surface area contributed by atoms with Gasteiger partial charge in [0.05, 0.1) is 24.8 Å². The minimum Gasteiger partial charge on any atom is -0.378 e. The average molecular weight is 371 g/mol. The molecule has 0 radical (unpaired) electrons. The third kappa shape index (κ3) is 6.10. The molecule has 0 spiro atoms. The number of nitrogens with zero attached hydrogens (tertiary/aromatic N) is 1. The Hall–Kier alpha value is -1.99. The number of hydrogen-bond acceptors (Lipinski definition) is 4. The van der Waals surface area contributed by atoms with Crippen molar-refractivity contribution < 1.29 is 23.5 Å². The fraction of sp³-hybridized carbons (Fsp3) is 0.471. The molecule has 2 rings (SSSR count). The fourth-order valence-electron chi connectivity index (χ4n) is 2.43. The van der Waals surface area contributed by atoms with Crippen LogP contribution < -0.4 is 5.32 Å². The van der Waals surface area contributed by atoms with E-state index >= 15 is 0 Å². The number of aryl methyl sites for hydroxylation is 1. The Bertz CT molecular complexity index is 638. The second-order valence-electron chi connectivity index (χ2n) is 5.65. The fourth-order valence-corrected chi connectivity index (χ4v) is 2.64. The molecule has 136 valence electrons. The van der Waals surface area contributed by atoms with E-state index in [2.05, 4.69) is 5.32 Å². The van der Waals surface area contributed by atoms with Crippen molar-refractivity contribution in [2.75, 3.05) is 26.3 Å². The van der Waals surface area contributed by atoms with Crippen molar-refractivity contribution in [3.05, 3.63) is 34.6 Å². The van der Waals surface area contributed by atoms with Gasteiger partial charge in [-0.1, -0.05) is 17.7 Å². The molecule has 25 heavy (non-hydrogen) atoms. The predicted molar refractivity (Wildman–Crippen MR) is 89.5 cm³/mol. The second-order valence-corrected chi connectivity index (χ2v) is 6.06. The van der Waals surface area contributed by atoms with Crippen LogP contribution in [0.4, 0.5) is 4.39 Å². The number of carbonyl (C=O) groups is 3. The normalized spacial score (nSPS) is 14.2. The van der Waals surface area contributed by atoms with E-state index in [-0.39, 0.29) is 55.2 Å². The van der Waals surface area contributed by atoms with Gasteiger partial charge in [0, 0.05) is 25.8 Å². The Kier molecular flexibility index (Phi) is 7.33. The summed E-state index contributed by atoms with van der Waals surface area (Å²) < 4.78 is 18.4. The largest absolute Gasteiger partial charge is 0.378 e. The quantitative estimate of drug-likeness (QED) is 0.530. The SMILES string of the molecule is O=C(CCc1ccc(F)c(Cl)c1)NCCOCCN1C(=O)CCC1=O. The molecule has 1 aromatic rings. The second kappa shape index (κ2) is 9.48. The lowest BCUT2D eigenvalue weighted by molar-refractivity contribution is -0.139. The minimum atomic E-state index is -0.482. The van der Waals surface area contributed by atoms with Crippen LogP contribution in [0.3, 0.4) is 0 Å². The molecule has 6 nitrogen and oxygen atoms in total. The van der Waals surface area contributed by atoms with Gasteiger partial charge in [0.1, 0.15) is 5.82 Å². The third-order valence-electron chi connectivity index (χ3n) is 3.81. The van der Waals surface area contributed by atoms with E-state index in [1.165, 1.54) is 17.0 Å². The molecule has 0 atom stereocenters. The number of halogens is 2. The summed E-state index contributed by atoms with van der Waals surface area (Å²) in [5, 5.41) is 2.75. The van der Waals surface area contributed by atoms with Crippen LogP contribution in [0, 0.1) is 5.82 Å². The number of likely N-dealkylation sites (tertiary alicyclic amines) is 1. The Morgan fingerprint density at radius 2 is 1.96 bits per heavy atom. The first-order valence-electron chi connectivity index (χ1n) is 8.09. The Morgan fingerprint density at radius 3 is 2.64 bits per heavy atom. The number of rotatable bonds is 9. The topological polar surface area (TPSA) is 75.7 Å². The zero-order valence-electron chi connectivity index (χ0n) is 13.7. The van der Waals surface area contributed by atoms with Crippen LogP contribution >= 0.6 is 11.6 Å². The molecule has 0 saturated carbocycles. The summed E-state index contributed by atoms with van der Waals surface area (Å²) in [4.78, 5) is 35.7. The van der Waals surface area contributed by atoms with Crippen LogP contribution in [0.15, 0.2) is 18.2 Å². The summed E-state index contributed by atoms with van der Waals surface area (Å²) in [6, 6.07) is 4.38. The van der Waals surface area contributed by atoms with Gasteiger partial charge in [0.25, 0.3) is 0 Å². The zero-order chi connectivity index (χ0) is 18.2. The van der Waals surface area contributed by atoms with Crippen LogP contribution in [0.25, 0.3) is 0 Å². The maximum Gasteiger partial charge on any atom is 0.229 e. The molecule has 0 aliphatic carbocycles.